The third-order valence-corrected chi connectivity index (χ3v) is 4.96. The normalized spacial score (nSPS) is 13.8. The summed E-state index contributed by atoms with van der Waals surface area (Å²) in [6.45, 7) is 7.98. The van der Waals surface area contributed by atoms with Gasteiger partial charge in [0.25, 0.3) is 0 Å². The maximum absolute atomic E-state index is 11.8. The van der Waals surface area contributed by atoms with Crippen LogP contribution < -0.4 is 4.74 Å². The second-order valence-electron chi connectivity index (χ2n) is 7.55. The number of carboxylic acids is 1. The number of phenolic OH excluding ortho intramolecular Hbond substituents is 1. The van der Waals surface area contributed by atoms with Gasteiger partial charge in [0.15, 0.2) is 0 Å². The summed E-state index contributed by atoms with van der Waals surface area (Å²) in [6.07, 6.45) is 0.790. The molecule has 0 saturated heterocycles. The third kappa shape index (κ3) is 5.25. The zero-order valence-electron chi connectivity index (χ0n) is 15.9. The zero-order valence-corrected chi connectivity index (χ0v) is 15.9. The number of carbonyl (C=O) groups is 1. The van der Waals surface area contributed by atoms with Gasteiger partial charge in [0.1, 0.15) is 17.6 Å². The third-order valence-electron chi connectivity index (χ3n) is 4.96. The first kappa shape index (κ1) is 19.8. The molecule has 2 N–H and O–H groups in total. The van der Waals surface area contributed by atoms with Gasteiger partial charge in [-0.05, 0) is 61.9 Å². The summed E-state index contributed by atoms with van der Waals surface area (Å²) in [6, 6.07) is 14.7. The molecule has 0 aliphatic carbocycles. The Morgan fingerprint density at radius 3 is 2.19 bits per heavy atom. The minimum atomic E-state index is -0.842. The molecule has 2 unspecified atom stereocenters. The van der Waals surface area contributed by atoms with Crippen molar-refractivity contribution in [3.63, 3.8) is 0 Å². The summed E-state index contributed by atoms with van der Waals surface area (Å²) >= 11 is 0. The molecule has 0 spiro atoms. The second kappa shape index (κ2) is 8.26. The molecule has 0 heterocycles. The van der Waals surface area contributed by atoms with Crippen molar-refractivity contribution in [2.24, 2.45) is 5.92 Å². The lowest BCUT2D eigenvalue weighted by molar-refractivity contribution is -0.145. The van der Waals surface area contributed by atoms with Crippen LogP contribution in [0.5, 0.6) is 11.5 Å². The molecule has 26 heavy (non-hydrogen) atoms. The molecule has 0 aliphatic rings. The van der Waals surface area contributed by atoms with E-state index in [4.69, 9.17) is 4.74 Å². The van der Waals surface area contributed by atoms with Gasteiger partial charge in [0.2, 0.25) is 0 Å². The SMILES string of the molecule is Cc1ccc(OC(C)C(CCC(C)(C)c2ccc(O)cc2)C(=O)O)cc1. The highest BCUT2D eigenvalue weighted by Crippen LogP contribution is 2.32. The molecular weight excluding hydrogens is 328 g/mol. The highest BCUT2D eigenvalue weighted by atomic mass is 16.5. The second-order valence-corrected chi connectivity index (χ2v) is 7.55. The van der Waals surface area contributed by atoms with Crippen LogP contribution in [0.2, 0.25) is 0 Å². The fourth-order valence-corrected chi connectivity index (χ4v) is 3.05. The van der Waals surface area contributed by atoms with Crippen molar-refractivity contribution >= 4 is 5.97 Å². The predicted molar refractivity (Wildman–Crippen MR) is 103 cm³/mol. The van der Waals surface area contributed by atoms with Crippen molar-refractivity contribution in [2.45, 2.75) is 52.1 Å². The van der Waals surface area contributed by atoms with Crippen LogP contribution in [0, 0.1) is 12.8 Å². The quantitative estimate of drug-likeness (QED) is 0.704. The van der Waals surface area contributed by atoms with Crippen LogP contribution in [0.25, 0.3) is 0 Å². The lowest BCUT2D eigenvalue weighted by Crippen LogP contribution is -2.32. The lowest BCUT2D eigenvalue weighted by atomic mass is 9.78. The first-order chi connectivity index (χ1) is 12.2. The number of hydrogen-bond acceptors (Lipinski definition) is 3. The van der Waals surface area contributed by atoms with Gasteiger partial charge in [-0.3, -0.25) is 4.79 Å². The number of carboxylic acid groups (broad SMARTS) is 1. The molecule has 2 rings (SSSR count). The maximum Gasteiger partial charge on any atom is 0.310 e. The van der Waals surface area contributed by atoms with E-state index in [0.717, 1.165) is 11.1 Å². The van der Waals surface area contributed by atoms with Crippen LogP contribution in [-0.2, 0) is 10.2 Å². The van der Waals surface area contributed by atoms with Gasteiger partial charge >= 0.3 is 5.97 Å². The Morgan fingerprint density at radius 1 is 1.08 bits per heavy atom. The number of aromatic hydroxyl groups is 1. The molecule has 0 aliphatic heterocycles. The summed E-state index contributed by atoms with van der Waals surface area (Å²) < 4.78 is 5.87. The molecule has 0 bridgehead atoms. The van der Waals surface area contributed by atoms with E-state index in [-0.39, 0.29) is 11.2 Å². The standard InChI is InChI=1S/C22H28O4/c1-15-5-11-19(12-6-15)26-16(2)20(21(24)25)13-14-22(3,4)17-7-9-18(23)10-8-17/h5-12,16,20,23H,13-14H2,1-4H3,(H,24,25). The Bertz CT molecular complexity index is 717. The van der Waals surface area contributed by atoms with E-state index in [1.165, 1.54) is 0 Å². The zero-order chi connectivity index (χ0) is 19.3. The van der Waals surface area contributed by atoms with E-state index in [9.17, 15) is 15.0 Å². The van der Waals surface area contributed by atoms with E-state index in [2.05, 4.69) is 13.8 Å². The van der Waals surface area contributed by atoms with Crippen molar-refractivity contribution in [1.29, 1.82) is 0 Å². The van der Waals surface area contributed by atoms with Crippen LogP contribution in [0.4, 0.5) is 0 Å². The van der Waals surface area contributed by atoms with Crippen LogP contribution >= 0.6 is 0 Å². The van der Waals surface area contributed by atoms with Crippen LogP contribution in [0.1, 0.15) is 44.7 Å². The Balaban J connectivity index is 2.03. The monoisotopic (exact) mass is 356 g/mol. The molecule has 0 saturated carbocycles. The summed E-state index contributed by atoms with van der Waals surface area (Å²) in [5, 5.41) is 19.1. The van der Waals surface area contributed by atoms with E-state index in [1.807, 2.05) is 50.2 Å². The van der Waals surface area contributed by atoms with Crippen molar-refractivity contribution in [2.75, 3.05) is 0 Å². The van der Waals surface area contributed by atoms with Gasteiger partial charge in [0, 0.05) is 0 Å². The first-order valence-electron chi connectivity index (χ1n) is 8.95. The largest absolute Gasteiger partial charge is 0.508 e. The molecule has 0 fully saturated rings. The molecule has 4 nitrogen and oxygen atoms in total. The number of rotatable bonds is 8. The fraction of sp³-hybridized carbons (Fsp3) is 0.409. The van der Waals surface area contributed by atoms with Crippen LogP contribution in [0.15, 0.2) is 48.5 Å². The molecule has 2 aromatic rings. The van der Waals surface area contributed by atoms with Crippen molar-refractivity contribution < 1.29 is 19.7 Å². The molecular formula is C22H28O4. The maximum atomic E-state index is 11.8. The minimum Gasteiger partial charge on any atom is -0.508 e. The average Bonchev–Trinajstić information content (AvgIpc) is 2.57. The number of hydrogen-bond donors (Lipinski definition) is 2. The molecule has 0 aromatic heterocycles. The van der Waals surface area contributed by atoms with Gasteiger partial charge in [-0.2, -0.15) is 0 Å². The van der Waals surface area contributed by atoms with Crippen molar-refractivity contribution in [1.82, 2.24) is 0 Å². The van der Waals surface area contributed by atoms with Gasteiger partial charge in [-0.15, -0.1) is 0 Å². The van der Waals surface area contributed by atoms with Gasteiger partial charge < -0.3 is 14.9 Å². The molecule has 2 aromatic carbocycles. The van der Waals surface area contributed by atoms with Crippen LogP contribution in [-0.4, -0.2) is 22.3 Å². The Kier molecular flexibility index (Phi) is 6.30. The smallest absolute Gasteiger partial charge is 0.310 e. The van der Waals surface area contributed by atoms with E-state index in [1.54, 1.807) is 12.1 Å². The first-order valence-corrected chi connectivity index (χ1v) is 8.95. The summed E-state index contributed by atoms with van der Waals surface area (Å²) in [4.78, 5) is 11.8. The van der Waals surface area contributed by atoms with E-state index >= 15 is 0 Å². The molecule has 0 amide bonds. The van der Waals surface area contributed by atoms with Gasteiger partial charge in [-0.25, -0.2) is 0 Å². The highest BCUT2D eigenvalue weighted by molar-refractivity contribution is 5.70. The van der Waals surface area contributed by atoms with Gasteiger partial charge in [-0.1, -0.05) is 43.7 Å². The number of benzene rings is 2. The van der Waals surface area contributed by atoms with Crippen molar-refractivity contribution in [3.8, 4) is 11.5 Å². The van der Waals surface area contributed by atoms with E-state index < -0.39 is 18.0 Å². The summed E-state index contributed by atoms with van der Waals surface area (Å²) in [5.41, 5.74) is 2.02. The molecule has 140 valence electrons. The van der Waals surface area contributed by atoms with Crippen molar-refractivity contribution in [3.05, 3.63) is 59.7 Å². The Labute approximate surface area is 155 Å². The molecule has 4 heteroatoms. The summed E-state index contributed by atoms with van der Waals surface area (Å²) in [7, 11) is 0. The average molecular weight is 356 g/mol. The lowest BCUT2D eigenvalue weighted by Gasteiger charge is -2.29. The molecule has 2 atom stereocenters. The predicted octanol–water partition coefficient (Wildman–Crippen LogP) is 4.93. The molecule has 0 radical (unpaired) electrons. The number of aliphatic carboxylic acids is 1. The Morgan fingerprint density at radius 2 is 1.65 bits per heavy atom. The number of ether oxygens (including phenoxy) is 1. The number of aryl methyl sites for hydroxylation is 1. The van der Waals surface area contributed by atoms with Gasteiger partial charge in [0.05, 0.1) is 5.92 Å². The highest BCUT2D eigenvalue weighted by Gasteiger charge is 2.30. The fourth-order valence-electron chi connectivity index (χ4n) is 3.05. The minimum absolute atomic E-state index is 0.190. The van der Waals surface area contributed by atoms with Crippen LogP contribution in [0.3, 0.4) is 0 Å². The number of phenols is 1. The topological polar surface area (TPSA) is 66.8 Å². The van der Waals surface area contributed by atoms with E-state index in [0.29, 0.717) is 18.6 Å². The Hall–Kier alpha value is -2.49. The summed E-state index contributed by atoms with van der Waals surface area (Å²) in [5.74, 6) is -0.515.